The molecule has 126 valence electrons. The van der Waals surface area contributed by atoms with Gasteiger partial charge < -0.3 is 0 Å². The highest BCUT2D eigenvalue weighted by Crippen LogP contribution is 2.30. The third-order valence-corrected chi connectivity index (χ3v) is 4.75. The van der Waals surface area contributed by atoms with E-state index in [1.807, 2.05) is 50.2 Å². The van der Waals surface area contributed by atoms with E-state index < -0.39 is 0 Å². The molecule has 0 aromatic heterocycles. The van der Waals surface area contributed by atoms with E-state index >= 15 is 0 Å². The second-order valence-electron chi connectivity index (χ2n) is 6.77. The van der Waals surface area contributed by atoms with Gasteiger partial charge in [-0.2, -0.15) is 0 Å². The Balaban J connectivity index is 1.98. The maximum absolute atomic E-state index is 13.2. The van der Waals surface area contributed by atoms with Crippen LogP contribution in [0.5, 0.6) is 0 Å². The summed E-state index contributed by atoms with van der Waals surface area (Å²) in [6, 6.07) is 24.8. The van der Waals surface area contributed by atoms with Crippen LogP contribution in [0.2, 0.25) is 0 Å². The van der Waals surface area contributed by atoms with Crippen LogP contribution in [0.1, 0.15) is 50.5 Å². The number of hydrogen-bond acceptors (Lipinski definition) is 1. The maximum atomic E-state index is 13.2. The van der Waals surface area contributed by atoms with Gasteiger partial charge >= 0.3 is 0 Å². The fourth-order valence-corrected chi connectivity index (χ4v) is 3.71. The molecule has 3 rings (SSSR count). The molecule has 25 heavy (non-hydrogen) atoms. The fourth-order valence-electron chi connectivity index (χ4n) is 3.71. The van der Waals surface area contributed by atoms with E-state index in [1.54, 1.807) is 0 Å². The van der Waals surface area contributed by atoms with E-state index in [1.165, 1.54) is 16.7 Å². The van der Waals surface area contributed by atoms with Crippen LogP contribution in [0.25, 0.3) is 0 Å². The van der Waals surface area contributed by atoms with Gasteiger partial charge in [0.2, 0.25) is 0 Å². The van der Waals surface area contributed by atoms with Gasteiger partial charge in [-0.05, 0) is 43.0 Å². The largest absolute Gasteiger partial charge is 0.294 e. The van der Waals surface area contributed by atoms with E-state index in [9.17, 15) is 4.79 Å². The minimum absolute atomic E-state index is 0.0787. The van der Waals surface area contributed by atoms with Crippen molar-refractivity contribution in [2.45, 2.75) is 33.1 Å². The number of carbonyl (C=O) groups excluding carboxylic acids is 1. The van der Waals surface area contributed by atoms with Crippen molar-refractivity contribution in [3.8, 4) is 0 Å². The average Bonchev–Trinajstić information content (AvgIpc) is 2.60. The minimum atomic E-state index is 0.0787. The summed E-state index contributed by atoms with van der Waals surface area (Å²) >= 11 is 0. The summed E-state index contributed by atoms with van der Waals surface area (Å²) in [4.78, 5) is 13.2. The van der Waals surface area contributed by atoms with E-state index in [0.29, 0.717) is 6.42 Å². The van der Waals surface area contributed by atoms with Gasteiger partial charge in [0, 0.05) is 17.9 Å². The molecule has 3 aromatic carbocycles. The molecular formula is C24H24O. The monoisotopic (exact) mass is 328 g/mol. The lowest BCUT2D eigenvalue weighted by Crippen LogP contribution is -2.12. The molecule has 0 spiro atoms. The number of Topliss-reactive ketones (excluding diaryl/α,β-unsaturated/α-hetero) is 1. The zero-order valence-electron chi connectivity index (χ0n) is 15.1. The van der Waals surface area contributed by atoms with Gasteiger partial charge in [0.1, 0.15) is 0 Å². The second kappa shape index (κ2) is 7.48. The number of aryl methyl sites for hydroxylation is 3. The molecular weight excluding hydrogens is 304 g/mol. The lowest BCUT2D eigenvalue weighted by molar-refractivity contribution is 0.0976. The van der Waals surface area contributed by atoms with Crippen molar-refractivity contribution < 1.29 is 4.79 Å². The van der Waals surface area contributed by atoms with Gasteiger partial charge in [-0.15, -0.1) is 0 Å². The van der Waals surface area contributed by atoms with Crippen molar-refractivity contribution >= 4 is 5.78 Å². The third kappa shape index (κ3) is 3.88. The summed E-state index contributed by atoms with van der Waals surface area (Å²) in [6.45, 7) is 6.14. The van der Waals surface area contributed by atoms with Crippen molar-refractivity contribution in [2.75, 3.05) is 0 Å². The molecule has 0 aliphatic carbocycles. The van der Waals surface area contributed by atoms with Crippen molar-refractivity contribution in [3.05, 3.63) is 106 Å². The first kappa shape index (κ1) is 17.2. The van der Waals surface area contributed by atoms with Gasteiger partial charge in [0.25, 0.3) is 0 Å². The van der Waals surface area contributed by atoms with Crippen LogP contribution in [0.3, 0.4) is 0 Å². The van der Waals surface area contributed by atoms with E-state index in [2.05, 4.69) is 43.3 Å². The molecule has 0 heterocycles. The highest BCUT2D eigenvalue weighted by molar-refractivity contribution is 5.99. The van der Waals surface area contributed by atoms with Gasteiger partial charge in [0.05, 0.1) is 0 Å². The molecule has 0 saturated heterocycles. The molecule has 0 amide bonds. The van der Waals surface area contributed by atoms with E-state index in [-0.39, 0.29) is 11.7 Å². The molecule has 0 radical (unpaired) electrons. The number of hydrogen-bond donors (Lipinski definition) is 0. The van der Waals surface area contributed by atoms with Crippen LogP contribution in [0.15, 0.2) is 72.8 Å². The van der Waals surface area contributed by atoms with Gasteiger partial charge in [-0.25, -0.2) is 0 Å². The van der Waals surface area contributed by atoms with Crippen LogP contribution in [-0.2, 0) is 0 Å². The summed E-state index contributed by atoms with van der Waals surface area (Å²) in [5, 5.41) is 0. The molecule has 0 bridgehead atoms. The van der Waals surface area contributed by atoms with Crippen LogP contribution < -0.4 is 0 Å². The second-order valence-corrected chi connectivity index (χ2v) is 6.77. The first-order chi connectivity index (χ1) is 12.1. The first-order valence-electron chi connectivity index (χ1n) is 8.77. The van der Waals surface area contributed by atoms with Gasteiger partial charge in [-0.1, -0.05) is 78.4 Å². The Hall–Kier alpha value is -2.67. The Morgan fingerprint density at radius 3 is 1.64 bits per heavy atom. The topological polar surface area (TPSA) is 17.1 Å². The Labute approximate surface area is 150 Å². The Morgan fingerprint density at radius 1 is 0.760 bits per heavy atom. The summed E-state index contributed by atoms with van der Waals surface area (Å²) in [7, 11) is 0. The Bertz CT molecular complexity index is 801. The standard InChI is InChI=1S/C24H24O/c1-17-14-18(2)24(19(3)15-17)23(25)16-22(20-10-6-4-7-11-20)21-12-8-5-9-13-21/h4-15,22H,16H2,1-3H3. The van der Waals surface area contributed by atoms with Gasteiger partial charge in [0.15, 0.2) is 5.78 Å². The summed E-state index contributed by atoms with van der Waals surface area (Å²) in [6.07, 6.45) is 0.485. The number of ketones is 1. The van der Waals surface area contributed by atoms with Crippen molar-refractivity contribution in [1.82, 2.24) is 0 Å². The molecule has 0 N–H and O–H groups in total. The predicted octanol–water partition coefficient (Wildman–Crippen LogP) is 6.02. The summed E-state index contributed by atoms with van der Waals surface area (Å²) in [5.41, 5.74) is 6.59. The predicted molar refractivity (Wildman–Crippen MR) is 104 cm³/mol. The third-order valence-electron chi connectivity index (χ3n) is 4.75. The van der Waals surface area contributed by atoms with E-state index in [0.717, 1.165) is 16.7 Å². The number of rotatable bonds is 5. The smallest absolute Gasteiger partial charge is 0.164 e. The first-order valence-corrected chi connectivity index (χ1v) is 8.77. The number of benzene rings is 3. The minimum Gasteiger partial charge on any atom is -0.294 e. The highest BCUT2D eigenvalue weighted by Gasteiger charge is 2.21. The van der Waals surface area contributed by atoms with Gasteiger partial charge in [-0.3, -0.25) is 4.79 Å². The molecule has 0 atom stereocenters. The molecule has 1 heteroatoms. The quantitative estimate of drug-likeness (QED) is 0.524. The molecule has 0 unspecified atom stereocenters. The number of carbonyl (C=O) groups is 1. The van der Waals surface area contributed by atoms with Crippen LogP contribution in [0.4, 0.5) is 0 Å². The maximum Gasteiger partial charge on any atom is 0.164 e. The highest BCUT2D eigenvalue weighted by atomic mass is 16.1. The summed E-state index contributed by atoms with van der Waals surface area (Å²) in [5.74, 6) is 0.294. The molecule has 0 aliphatic rings. The van der Waals surface area contributed by atoms with E-state index in [4.69, 9.17) is 0 Å². The van der Waals surface area contributed by atoms with Crippen molar-refractivity contribution in [1.29, 1.82) is 0 Å². The zero-order valence-corrected chi connectivity index (χ0v) is 15.1. The molecule has 3 aromatic rings. The lowest BCUT2D eigenvalue weighted by atomic mass is 9.84. The molecule has 0 fully saturated rings. The molecule has 0 saturated carbocycles. The SMILES string of the molecule is Cc1cc(C)c(C(=O)CC(c2ccccc2)c2ccccc2)c(C)c1. The normalized spacial score (nSPS) is 10.9. The lowest BCUT2D eigenvalue weighted by Gasteiger charge is -2.19. The summed E-state index contributed by atoms with van der Waals surface area (Å²) < 4.78 is 0. The Morgan fingerprint density at radius 2 is 1.20 bits per heavy atom. The Kier molecular flexibility index (Phi) is 5.14. The van der Waals surface area contributed by atoms with Crippen molar-refractivity contribution in [3.63, 3.8) is 0 Å². The average molecular weight is 328 g/mol. The molecule has 0 aliphatic heterocycles. The molecule has 1 nitrogen and oxygen atoms in total. The fraction of sp³-hybridized carbons (Fsp3) is 0.208. The van der Waals surface area contributed by atoms with Crippen LogP contribution >= 0.6 is 0 Å². The zero-order chi connectivity index (χ0) is 17.8. The van der Waals surface area contributed by atoms with Crippen LogP contribution in [0, 0.1) is 20.8 Å². The van der Waals surface area contributed by atoms with Crippen molar-refractivity contribution in [2.24, 2.45) is 0 Å². The van der Waals surface area contributed by atoms with Crippen LogP contribution in [-0.4, -0.2) is 5.78 Å².